The van der Waals surface area contributed by atoms with Gasteiger partial charge in [0.05, 0.1) is 6.04 Å². The molecular formula is C15H13FN4O. The normalized spacial score (nSPS) is 12.3. The van der Waals surface area contributed by atoms with Crippen molar-refractivity contribution in [3.05, 3.63) is 65.7 Å². The van der Waals surface area contributed by atoms with E-state index in [1.807, 2.05) is 0 Å². The lowest BCUT2D eigenvalue weighted by atomic mass is 10.1. The number of phenolic OH excluding ortho intramolecular Hbond substituents is 1. The van der Waals surface area contributed by atoms with Gasteiger partial charge in [0.2, 0.25) is 0 Å². The van der Waals surface area contributed by atoms with Crippen molar-refractivity contribution in [2.24, 2.45) is 5.73 Å². The van der Waals surface area contributed by atoms with Crippen LogP contribution in [0.5, 0.6) is 5.75 Å². The number of rotatable bonds is 3. The zero-order chi connectivity index (χ0) is 14.8. The maximum Gasteiger partial charge on any atom is 0.181 e. The minimum atomic E-state index is -0.510. The average Bonchev–Trinajstić information content (AvgIpc) is 2.98. The number of phenols is 1. The Morgan fingerprint density at radius 3 is 2.38 bits per heavy atom. The van der Waals surface area contributed by atoms with Crippen LogP contribution in [0.1, 0.15) is 17.4 Å². The average molecular weight is 284 g/mol. The summed E-state index contributed by atoms with van der Waals surface area (Å²) < 4.78 is 12.9. The van der Waals surface area contributed by atoms with E-state index in [1.165, 1.54) is 12.1 Å². The molecule has 3 aromatic rings. The number of hydrogen-bond donors (Lipinski definition) is 3. The number of hydrogen-bond acceptors (Lipinski definition) is 4. The van der Waals surface area contributed by atoms with Crippen molar-refractivity contribution in [2.75, 3.05) is 0 Å². The number of nitrogens with zero attached hydrogens (tertiary/aromatic N) is 2. The van der Waals surface area contributed by atoms with Gasteiger partial charge in [-0.25, -0.2) is 9.37 Å². The Labute approximate surface area is 120 Å². The number of halogens is 1. The summed E-state index contributed by atoms with van der Waals surface area (Å²) in [5.41, 5.74) is 7.59. The lowest BCUT2D eigenvalue weighted by molar-refractivity contribution is 0.475. The topological polar surface area (TPSA) is 87.8 Å². The maximum atomic E-state index is 12.9. The first-order valence-corrected chi connectivity index (χ1v) is 6.36. The molecule has 0 aliphatic rings. The standard InChI is InChI=1S/C15H13FN4O/c16-11-5-1-9(2-6-11)13(17)15-18-14(19-20-15)10-3-7-12(21)8-4-10/h1-8,13,21H,17H2,(H,18,19,20)/t13-/m0/s1. The largest absolute Gasteiger partial charge is 0.508 e. The highest BCUT2D eigenvalue weighted by atomic mass is 19.1. The summed E-state index contributed by atoms with van der Waals surface area (Å²) in [6, 6.07) is 12.0. The Morgan fingerprint density at radius 2 is 1.71 bits per heavy atom. The summed E-state index contributed by atoms with van der Waals surface area (Å²) in [4.78, 5) is 4.34. The van der Waals surface area contributed by atoms with Crippen LogP contribution in [-0.4, -0.2) is 20.3 Å². The smallest absolute Gasteiger partial charge is 0.181 e. The van der Waals surface area contributed by atoms with Gasteiger partial charge in [-0.3, -0.25) is 5.10 Å². The molecule has 1 heterocycles. The van der Waals surface area contributed by atoms with Crippen molar-refractivity contribution in [3.63, 3.8) is 0 Å². The van der Waals surface area contributed by atoms with E-state index in [1.54, 1.807) is 36.4 Å². The zero-order valence-corrected chi connectivity index (χ0v) is 11.0. The minimum Gasteiger partial charge on any atom is -0.508 e. The van der Waals surface area contributed by atoms with Crippen molar-refractivity contribution < 1.29 is 9.50 Å². The van der Waals surface area contributed by atoms with Gasteiger partial charge in [0, 0.05) is 5.56 Å². The molecule has 5 nitrogen and oxygen atoms in total. The molecule has 0 amide bonds. The summed E-state index contributed by atoms with van der Waals surface area (Å²) in [6.07, 6.45) is 0. The molecule has 0 spiro atoms. The number of nitrogens with two attached hydrogens (primary N) is 1. The monoisotopic (exact) mass is 284 g/mol. The van der Waals surface area contributed by atoms with Crippen LogP contribution < -0.4 is 5.73 Å². The third kappa shape index (κ3) is 2.75. The van der Waals surface area contributed by atoms with Crippen molar-refractivity contribution in [1.82, 2.24) is 15.2 Å². The van der Waals surface area contributed by atoms with E-state index < -0.39 is 6.04 Å². The van der Waals surface area contributed by atoms with Gasteiger partial charge >= 0.3 is 0 Å². The van der Waals surface area contributed by atoms with Crippen LogP contribution in [0.25, 0.3) is 11.4 Å². The minimum absolute atomic E-state index is 0.178. The number of H-pyrrole nitrogens is 1. The molecule has 4 N–H and O–H groups in total. The maximum absolute atomic E-state index is 12.9. The van der Waals surface area contributed by atoms with Gasteiger partial charge in [-0.15, -0.1) is 0 Å². The number of nitrogens with one attached hydrogen (secondary N) is 1. The Bertz CT molecular complexity index is 737. The molecule has 0 fully saturated rings. The van der Waals surface area contributed by atoms with Crippen LogP contribution in [0.15, 0.2) is 48.5 Å². The third-order valence-electron chi connectivity index (χ3n) is 3.15. The van der Waals surface area contributed by atoms with Crippen LogP contribution >= 0.6 is 0 Å². The molecule has 1 aromatic heterocycles. The Morgan fingerprint density at radius 1 is 1.05 bits per heavy atom. The van der Waals surface area contributed by atoms with E-state index in [9.17, 15) is 9.50 Å². The highest BCUT2D eigenvalue weighted by molar-refractivity contribution is 5.55. The van der Waals surface area contributed by atoms with Crippen molar-refractivity contribution in [3.8, 4) is 17.1 Å². The summed E-state index contributed by atoms with van der Waals surface area (Å²) in [5, 5.41) is 16.2. The molecular weight excluding hydrogens is 271 g/mol. The highest BCUT2D eigenvalue weighted by Crippen LogP contribution is 2.21. The molecule has 2 aromatic carbocycles. The number of aromatic hydroxyl groups is 1. The number of benzene rings is 2. The number of aromatic amines is 1. The van der Waals surface area contributed by atoms with Gasteiger partial charge in [-0.2, -0.15) is 5.10 Å². The van der Waals surface area contributed by atoms with Crippen molar-refractivity contribution in [1.29, 1.82) is 0 Å². The van der Waals surface area contributed by atoms with E-state index in [4.69, 9.17) is 5.73 Å². The molecule has 0 aliphatic heterocycles. The molecule has 0 aliphatic carbocycles. The SMILES string of the molecule is N[C@@H](c1ccc(F)cc1)c1nc(-c2ccc(O)cc2)n[nH]1. The van der Waals surface area contributed by atoms with E-state index in [0.29, 0.717) is 11.6 Å². The predicted octanol–water partition coefficient (Wildman–Crippen LogP) is 2.36. The third-order valence-corrected chi connectivity index (χ3v) is 3.15. The fourth-order valence-electron chi connectivity index (χ4n) is 1.98. The Kier molecular flexibility index (Phi) is 3.37. The fourth-order valence-corrected chi connectivity index (χ4v) is 1.98. The van der Waals surface area contributed by atoms with Crippen molar-refractivity contribution in [2.45, 2.75) is 6.04 Å². The van der Waals surface area contributed by atoms with Crippen LogP contribution in [-0.2, 0) is 0 Å². The molecule has 0 saturated carbocycles. The van der Waals surface area contributed by atoms with E-state index >= 15 is 0 Å². The summed E-state index contributed by atoms with van der Waals surface area (Å²) in [5.74, 6) is 0.845. The second-order valence-corrected chi connectivity index (χ2v) is 4.62. The number of aromatic nitrogens is 3. The van der Waals surface area contributed by atoms with Crippen LogP contribution in [0, 0.1) is 5.82 Å². The molecule has 6 heteroatoms. The summed E-state index contributed by atoms with van der Waals surface area (Å²) in [6.45, 7) is 0. The van der Waals surface area contributed by atoms with E-state index in [2.05, 4.69) is 15.2 Å². The van der Waals surface area contributed by atoms with E-state index in [-0.39, 0.29) is 11.6 Å². The first kappa shape index (κ1) is 13.3. The lowest BCUT2D eigenvalue weighted by Gasteiger charge is -2.07. The summed E-state index contributed by atoms with van der Waals surface area (Å²) >= 11 is 0. The molecule has 0 radical (unpaired) electrons. The van der Waals surface area contributed by atoms with Gasteiger partial charge in [0.15, 0.2) is 5.82 Å². The quantitative estimate of drug-likeness (QED) is 0.689. The van der Waals surface area contributed by atoms with E-state index in [0.717, 1.165) is 11.1 Å². The lowest BCUT2D eigenvalue weighted by Crippen LogP contribution is -2.13. The predicted molar refractivity (Wildman–Crippen MR) is 75.9 cm³/mol. The molecule has 1 atom stereocenters. The molecule has 0 unspecified atom stereocenters. The van der Waals surface area contributed by atoms with Gasteiger partial charge in [0.1, 0.15) is 17.4 Å². The molecule has 0 bridgehead atoms. The van der Waals surface area contributed by atoms with Gasteiger partial charge in [-0.1, -0.05) is 12.1 Å². The highest BCUT2D eigenvalue weighted by Gasteiger charge is 2.14. The van der Waals surface area contributed by atoms with Crippen LogP contribution in [0.4, 0.5) is 4.39 Å². The van der Waals surface area contributed by atoms with Crippen molar-refractivity contribution >= 4 is 0 Å². The molecule has 3 rings (SSSR count). The first-order valence-electron chi connectivity index (χ1n) is 6.36. The van der Waals surface area contributed by atoms with Crippen LogP contribution in [0.2, 0.25) is 0 Å². The zero-order valence-electron chi connectivity index (χ0n) is 11.0. The second kappa shape index (κ2) is 5.34. The second-order valence-electron chi connectivity index (χ2n) is 4.62. The van der Waals surface area contributed by atoms with Gasteiger partial charge < -0.3 is 10.8 Å². The molecule has 21 heavy (non-hydrogen) atoms. The molecule has 0 saturated heterocycles. The van der Waals surface area contributed by atoms with Gasteiger partial charge in [0.25, 0.3) is 0 Å². The summed E-state index contributed by atoms with van der Waals surface area (Å²) in [7, 11) is 0. The molecule has 106 valence electrons. The van der Waals surface area contributed by atoms with Crippen LogP contribution in [0.3, 0.4) is 0 Å². The van der Waals surface area contributed by atoms with Gasteiger partial charge in [-0.05, 0) is 42.0 Å². The Balaban J connectivity index is 1.87. The first-order chi connectivity index (χ1) is 10.1. The Hall–Kier alpha value is -2.73. The fraction of sp³-hybridized carbons (Fsp3) is 0.0667.